The zero-order chi connectivity index (χ0) is 30.1. The van der Waals surface area contributed by atoms with Crippen molar-refractivity contribution < 1.29 is 28.2 Å². The van der Waals surface area contributed by atoms with Gasteiger partial charge in [-0.3, -0.25) is 9.59 Å². The SMILES string of the molecule is Cc1nn(-c2cc(F)c(C(N)=O)c(NC3CCC(OC(=O)CNC(=O)OC(C)(C)C)CC3)c2)c2c1CCC(C)(C)C2. The highest BCUT2D eigenvalue weighted by Crippen LogP contribution is 2.38. The predicted molar refractivity (Wildman–Crippen MR) is 153 cm³/mol. The molecule has 0 atom stereocenters. The summed E-state index contributed by atoms with van der Waals surface area (Å²) in [4.78, 5) is 36.2. The summed E-state index contributed by atoms with van der Waals surface area (Å²) in [7, 11) is 0. The van der Waals surface area contributed by atoms with Crippen LogP contribution in [0.15, 0.2) is 12.1 Å². The van der Waals surface area contributed by atoms with Crippen LogP contribution in [-0.4, -0.2) is 52.0 Å². The Morgan fingerprint density at radius 1 is 1.17 bits per heavy atom. The van der Waals surface area contributed by atoms with Crippen molar-refractivity contribution >= 4 is 23.7 Å². The Bertz CT molecular complexity index is 1320. The fourth-order valence-electron chi connectivity index (χ4n) is 5.64. The number of fused-ring (bicyclic) bond motifs is 1. The van der Waals surface area contributed by atoms with Gasteiger partial charge in [-0.05, 0) is 89.7 Å². The number of hydrogen-bond donors (Lipinski definition) is 3. The van der Waals surface area contributed by atoms with Gasteiger partial charge < -0.3 is 25.8 Å². The molecule has 1 saturated carbocycles. The second-order valence-electron chi connectivity index (χ2n) is 12.9. The van der Waals surface area contributed by atoms with Crippen LogP contribution in [0.1, 0.15) is 94.0 Å². The number of rotatable bonds is 7. The lowest BCUT2D eigenvalue weighted by atomic mass is 9.76. The Balaban J connectivity index is 1.42. The van der Waals surface area contributed by atoms with Crippen LogP contribution in [0.5, 0.6) is 0 Å². The molecule has 1 heterocycles. The van der Waals surface area contributed by atoms with E-state index in [1.54, 1.807) is 31.5 Å². The van der Waals surface area contributed by atoms with Gasteiger partial charge in [0.15, 0.2) is 0 Å². The van der Waals surface area contributed by atoms with Crippen LogP contribution in [0.2, 0.25) is 0 Å². The van der Waals surface area contributed by atoms with E-state index >= 15 is 4.39 Å². The number of nitrogens with two attached hydrogens (primary N) is 1. The fraction of sp³-hybridized carbons (Fsp3) is 0.600. The number of carbonyl (C=O) groups is 3. The molecule has 0 unspecified atom stereocenters. The van der Waals surface area contributed by atoms with Gasteiger partial charge in [0.25, 0.3) is 5.91 Å². The average molecular weight is 572 g/mol. The second-order valence-corrected chi connectivity index (χ2v) is 12.9. The zero-order valence-corrected chi connectivity index (χ0v) is 24.9. The fourth-order valence-corrected chi connectivity index (χ4v) is 5.64. The van der Waals surface area contributed by atoms with Gasteiger partial charge in [0.2, 0.25) is 0 Å². The summed E-state index contributed by atoms with van der Waals surface area (Å²) in [6.07, 6.45) is 4.23. The lowest BCUT2D eigenvalue weighted by Crippen LogP contribution is -2.38. The van der Waals surface area contributed by atoms with Gasteiger partial charge in [-0.25, -0.2) is 13.9 Å². The zero-order valence-electron chi connectivity index (χ0n) is 24.9. The van der Waals surface area contributed by atoms with Crippen LogP contribution in [-0.2, 0) is 27.1 Å². The van der Waals surface area contributed by atoms with Crippen molar-refractivity contribution in [2.75, 3.05) is 11.9 Å². The van der Waals surface area contributed by atoms with E-state index in [2.05, 4.69) is 24.5 Å². The predicted octanol–water partition coefficient (Wildman–Crippen LogP) is 4.72. The number of carbonyl (C=O) groups excluding carboxylic acids is 3. The number of hydrogen-bond acceptors (Lipinski definition) is 7. The third kappa shape index (κ3) is 7.56. The Morgan fingerprint density at radius 3 is 2.49 bits per heavy atom. The van der Waals surface area contributed by atoms with Crippen molar-refractivity contribution in [1.82, 2.24) is 15.1 Å². The van der Waals surface area contributed by atoms with Crippen molar-refractivity contribution in [3.05, 3.63) is 40.5 Å². The van der Waals surface area contributed by atoms with Crippen LogP contribution >= 0.6 is 0 Å². The molecular formula is C30H42FN5O5. The van der Waals surface area contributed by atoms with Crippen LogP contribution in [0, 0.1) is 18.2 Å². The van der Waals surface area contributed by atoms with E-state index in [4.69, 9.17) is 20.3 Å². The maximum Gasteiger partial charge on any atom is 0.408 e. The molecule has 0 saturated heterocycles. The van der Waals surface area contributed by atoms with Crippen LogP contribution in [0.3, 0.4) is 0 Å². The lowest BCUT2D eigenvalue weighted by Gasteiger charge is -2.31. The van der Waals surface area contributed by atoms with Crippen LogP contribution in [0.4, 0.5) is 14.9 Å². The number of primary amides is 1. The number of nitrogens with one attached hydrogen (secondary N) is 2. The van der Waals surface area contributed by atoms with E-state index in [9.17, 15) is 14.4 Å². The first-order valence-corrected chi connectivity index (χ1v) is 14.3. The standard InChI is InChI=1S/C30H42FN5O5/c1-17-21-11-12-30(5,6)15-24(21)36(35-17)19-13-22(31)26(27(32)38)23(14-19)34-18-7-9-20(10-8-18)40-25(37)16-33-28(39)41-29(2,3)4/h13-14,18,20,34H,7-12,15-16H2,1-6H3,(H2,32,38)(H,33,39). The number of ether oxygens (including phenoxy) is 2. The molecule has 2 aromatic rings. The number of alkyl carbamates (subject to hydrolysis) is 1. The molecule has 2 amide bonds. The average Bonchev–Trinajstić information content (AvgIpc) is 3.16. The molecule has 4 N–H and O–H groups in total. The molecule has 2 aliphatic carbocycles. The Morgan fingerprint density at radius 2 is 1.85 bits per heavy atom. The van der Waals surface area contributed by atoms with Crippen molar-refractivity contribution in [3.63, 3.8) is 0 Å². The minimum atomic E-state index is -0.850. The molecular weight excluding hydrogens is 529 g/mol. The van der Waals surface area contributed by atoms with Crippen molar-refractivity contribution in [1.29, 1.82) is 0 Å². The quantitative estimate of drug-likeness (QED) is 0.409. The summed E-state index contributed by atoms with van der Waals surface area (Å²) in [5, 5.41) is 10.5. The highest BCUT2D eigenvalue weighted by Gasteiger charge is 2.31. The first-order chi connectivity index (χ1) is 19.1. The summed E-state index contributed by atoms with van der Waals surface area (Å²) in [6, 6.07) is 2.98. The molecule has 4 rings (SSSR count). The van der Waals surface area contributed by atoms with Gasteiger partial charge in [-0.1, -0.05) is 13.8 Å². The molecule has 0 radical (unpaired) electrons. The topological polar surface area (TPSA) is 138 Å². The smallest absolute Gasteiger partial charge is 0.408 e. The van der Waals surface area contributed by atoms with Gasteiger partial charge in [0.1, 0.15) is 24.1 Å². The molecule has 10 nitrogen and oxygen atoms in total. The molecule has 224 valence electrons. The molecule has 2 aliphatic rings. The van der Waals surface area contributed by atoms with E-state index in [-0.39, 0.29) is 29.7 Å². The molecule has 0 aliphatic heterocycles. The third-order valence-corrected chi connectivity index (χ3v) is 7.66. The number of aryl methyl sites for hydroxylation is 1. The molecule has 0 bridgehead atoms. The van der Waals surface area contributed by atoms with Crippen molar-refractivity contribution in [3.8, 4) is 5.69 Å². The summed E-state index contributed by atoms with van der Waals surface area (Å²) >= 11 is 0. The Kier molecular flexibility index (Phi) is 8.65. The largest absolute Gasteiger partial charge is 0.461 e. The van der Waals surface area contributed by atoms with Gasteiger partial charge in [0.05, 0.1) is 22.6 Å². The number of nitrogens with zero attached hydrogens (tertiary/aromatic N) is 2. The lowest BCUT2D eigenvalue weighted by molar-refractivity contribution is -0.149. The maximum atomic E-state index is 15.3. The molecule has 41 heavy (non-hydrogen) atoms. The van der Waals surface area contributed by atoms with E-state index in [1.165, 1.54) is 11.6 Å². The number of aromatic nitrogens is 2. The summed E-state index contributed by atoms with van der Waals surface area (Å²) in [6.45, 7) is 11.3. The first kappa shape index (κ1) is 30.3. The second kappa shape index (κ2) is 11.7. The number of anilines is 1. The van der Waals surface area contributed by atoms with Gasteiger partial charge in [-0.2, -0.15) is 5.10 Å². The van der Waals surface area contributed by atoms with Crippen molar-refractivity contribution in [2.45, 2.75) is 104 Å². The maximum absolute atomic E-state index is 15.3. The minimum Gasteiger partial charge on any atom is -0.461 e. The molecule has 1 aromatic heterocycles. The number of halogens is 1. The third-order valence-electron chi connectivity index (χ3n) is 7.66. The molecule has 0 spiro atoms. The van der Waals surface area contributed by atoms with E-state index in [0.717, 1.165) is 30.7 Å². The Hall–Kier alpha value is -3.63. The normalized spacial score (nSPS) is 20.1. The molecule has 1 fully saturated rings. The van der Waals surface area contributed by atoms with Crippen molar-refractivity contribution in [2.24, 2.45) is 11.1 Å². The first-order valence-electron chi connectivity index (χ1n) is 14.3. The van der Waals surface area contributed by atoms with E-state index in [1.807, 2.05) is 6.92 Å². The highest BCUT2D eigenvalue weighted by molar-refractivity contribution is 5.99. The number of benzene rings is 1. The van der Waals surface area contributed by atoms with Gasteiger partial charge in [0, 0.05) is 17.8 Å². The number of amides is 2. The summed E-state index contributed by atoms with van der Waals surface area (Å²) < 4.78 is 27.8. The Labute approximate surface area is 240 Å². The van der Waals surface area contributed by atoms with Crippen LogP contribution in [0.25, 0.3) is 5.69 Å². The highest BCUT2D eigenvalue weighted by atomic mass is 19.1. The van der Waals surface area contributed by atoms with E-state index < -0.39 is 29.4 Å². The number of esters is 1. The van der Waals surface area contributed by atoms with E-state index in [0.29, 0.717) is 37.1 Å². The monoisotopic (exact) mass is 571 g/mol. The van der Waals surface area contributed by atoms with Gasteiger partial charge >= 0.3 is 12.1 Å². The van der Waals surface area contributed by atoms with Crippen LogP contribution < -0.4 is 16.4 Å². The van der Waals surface area contributed by atoms with Gasteiger partial charge in [-0.15, -0.1) is 0 Å². The summed E-state index contributed by atoms with van der Waals surface area (Å²) in [5.41, 5.74) is 8.91. The molecule has 1 aromatic carbocycles. The molecule has 11 heteroatoms. The minimum absolute atomic E-state index is 0.0789. The summed E-state index contributed by atoms with van der Waals surface area (Å²) in [5.74, 6) is -2.09.